The molecule has 2 N–H and O–H groups in total. The number of benzene rings is 6. The SMILES string of the molecule is COCC(=O)N(C)CCCC(=O)Cc1ccc(NCCCCCC(=O)N(C)CCN2CCC(OC(=O)Nc3ccccc3-c3ccccc3)CC2)cc1.C[C@H]1Cc2ccccc2C12CCN(CC[C@@]1(c3ccc(F)cc3)CN(C(=O)c3cc(C(F)(F)F)cc(C(F)(F)F)c3)CO1)CC2. The number of piperidine rings is 2. The molecule has 3 fully saturated rings. The molecule has 15 nitrogen and oxygen atoms in total. The lowest BCUT2D eigenvalue weighted by Crippen LogP contribution is -2.46. The normalized spacial score (nSPS) is 17.9. The van der Waals surface area contributed by atoms with Crippen LogP contribution < -0.4 is 10.6 Å². The van der Waals surface area contributed by atoms with E-state index in [1.807, 2.05) is 90.8 Å². The second-order valence-electron chi connectivity index (χ2n) is 26.4. The van der Waals surface area contributed by atoms with E-state index in [1.54, 1.807) is 11.9 Å². The number of nitrogens with one attached hydrogen (secondary N) is 2. The van der Waals surface area contributed by atoms with Crippen LogP contribution in [0.1, 0.15) is 121 Å². The Balaban J connectivity index is 0.000000232. The van der Waals surface area contributed by atoms with Crippen LogP contribution in [0.3, 0.4) is 0 Å². The third-order valence-electron chi connectivity index (χ3n) is 19.7. The third kappa shape index (κ3) is 20.0. The molecular weight excluding hydrogens is 1270 g/mol. The molecule has 0 unspecified atom stereocenters. The van der Waals surface area contributed by atoms with Gasteiger partial charge in [0, 0.05) is 109 Å². The van der Waals surface area contributed by atoms with Gasteiger partial charge in [0.1, 0.15) is 36.6 Å². The topological polar surface area (TPSA) is 153 Å². The number of para-hydroxylation sites is 1. The average Bonchev–Trinajstić information content (AvgIpc) is 1.43. The Hall–Kier alpha value is -8.18. The number of halogens is 7. The summed E-state index contributed by atoms with van der Waals surface area (Å²) in [5.74, 6) is -0.721. The molecule has 2 atom stereocenters. The van der Waals surface area contributed by atoms with Crippen molar-refractivity contribution in [2.75, 3.05) is 111 Å². The number of hydrogen-bond acceptors (Lipinski definition) is 11. The summed E-state index contributed by atoms with van der Waals surface area (Å²) in [7, 11) is 5.09. The van der Waals surface area contributed by atoms with Gasteiger partial charge in [-0.15, -0.1) is 0 Å². The summed E-state index contributed by atoms with van der Waals surface area (Å²) in [5.41, 5.74) is 3.25. The Kier molecular flexibility index (Phi) is 25.7. The van der Waals surface area contributed by atoms with Crippen molar-refractivity contribution in [3.8, 4) is 11.1 Å². The maximum absolute atomic E-state index is 13.9. The number of rotatable bonds is 26. The second kappa shape index (κ2) is 34.1. The predicted molar refractivity (Wildman–Crippen MR) is 363 cm³/mol. The average molecular weight is 1360 g/mol. The van der Waals surface area contributed by atoms with E-state index < -0.39 is 52.5 Å². The van der Waals surface area contributed by atoms with E-state index in [0.29, 0.717) is 75.4 Å². The molecule has 98 heavy (non-hydrogen) atoms. The molecule has 22 heteroatoms. The van der Waals surface area contributed by atoms with Gasteiger partial charge in [-0.25, -0.2) is 9.18 Å². The molecule has 1 spiro atoms. The first-order chi connectivity index (χ1) is 46.9. The molecule has 4 amide bonds. The largest absolute Gasteiger partial charge is 0.446 e. The molecule has 0 radical (unpaired) electrons. The fourth-order valence-corrected chi connectivity index (χ4v) is 13.8. The zero-order chi connectivity index (χ0) is 70.0. The van der Waals surface area contributed by atoms with E-state index in [4.69, 9.17) is 14.2 Å². The molecule has 1 aliphatic carbocycles. The number of Topliss-reactive ketones (excluding diaryl/α,β-unsaturated/α-hetero) is 1. The number of methoxy groups -OCH3 is 1. The van der Waals surface area contributed by atoms with Crippen molar-refractivity contribution < 1.29 is 68.9 Å². The number of anilines is 2. The maximum atomic E-state index is 13.9. The van der Waals surface area contributed by atoms with Crippen LogP contribution in [0, 0.1) is 11.7 Å². The van der Waals surface area contributed by atoms with Crippen molar-refractivity contribution in [3.63, 3.8) is 0 Å². The van der Waals surface area contributed by atoms with E-state index in [9.17, 15) is 54.7 Å². The van der Waals surface area contributed by atoms with Crippen LogP contribution in [0.2, 0.25) is 0 Å². The van der Waals surface area contributed by atoms with Crippen molar-refractivity contribution in [2.45, 2.75) is 120 Å². The van der Waals surface area contributed by atoms with Gasteiger partial charge in [-0.05, 0) is 153 Å². The number of carbonyl (C=O) groups excluding carboxylic acids is 5. The number of ketones is 1. The smallest absolute Gasteiger partial charge is 0.416 e. The standard InChI is InChI=1S/C42H57N5O6.C34H33F7N2O2/c1-45(41(50)32-52-3)26-12-15-36(48)31-33-19-21-35(22-20-33)43-25-11-5-8-18-40(49)46(2)29-30-47-27-23-37(24-28-47)53-42(51)44-39-17-10-9-16-38(39)34-13-6-4-7-14-34;1-22-16-23-4-2-3-5-29(23)31(22)10-13-42(14-11-31)15-12-32(25-6-8-28(35)9-7-25)20-43(21-45-32)30(44)24-17-26(33(36,37)38)19-27(18-24)34(39,40)41/h4,6-7,9-10,13-14,16-17,19-22,37,43H,5,8,11-12,15,18,23-32H2,1-3H3,(H,44,51);2-9,17-19,22H,10-16,20-21H2,1H3/t;22-,32-/m.0/s1. The number of unbranched alkanes of at least 4 members (excludes halogenated alkanes) is 2. The van der Waals surface area contributed by atoms with Crippen LogP contribution in [0.4, 0.5) is 46.9 Å². The van der Waals surface area contributed by atoms with Crippen molar-refractivity contribution in [2.24, 2.45) is 5.92 Å². The summed E-state index contributed by atoms with van der Waals surface area (Å²) in [4.78, 5) is 72.2. The van der Waals surface area contributed by atoms with Gasteiger partial charge in [-0.2, -0.15) is 26.3 Å². The minimum absolute atomic E-state index is 0.00621. The fourth-order valence-electron chi connectivity index (χ4n) is 13.8. The molecule has 0 bridgehead atoms. The van der Waals surface area contributed by atoms with E-state index in [0.717, 1.165) is 124 Å². The molecule has 10 rings (SSSR count). The molecule has 3 aliphatic heterocycles. The second-order valence-corrected chi connectivity index (χ2v) is 26.4. The van der Waals surface area contributed by atoms with Crippen molar-refractivity contribution in [1.82, 2.24) is 24.5 Å². The number of fused-ring (bicyclic) bond motifs is 2. The Morgan fingerprint density at radius 2 is 1.33 bits per heavy atom. The number of amides is 4. The van der Waals surface area contributed by atoms with Crippen molar-refractivity contribution in [3.05, 3.63) is 190 Å². The Labute approximate surface area is 570 Å². The summed E-state index contributed by atoms with van der Waals surface area (Å²) >= 11 is 0. The van der Waals surface area contributed by atoms with E-state index >= 15 is 0 Å². The van der Waals surface area contributed by atoms with Gasteiger partial charge in [-0.3, -0.25) is 24.5 Å². The maximum Gasteiger partial charge on any atom is 0.416 e. The number of alkyl halides is 6. The number of likely N-dealkylation sites (tertiary alicyclic amines) is 2. The fraction of sp³-hybridized carbons (Fsp3) is 0.461. The van der Waals surface area contributed by atoms with Gasteiger partial charge in [0.2, 0.25) is 11.8 Å². The highest BCUT2D eigenvalue weighted by Crippen LogP contribution is 2.50. The number of nitrogens with zero attached hydrogens (tertiary/aromatic N) is 5. The highest BCUT2D eigenvalue weighted by Gasteiger charge is 2.48. The molecule has 526 valence electrons. The van der Waals surface area contributed by atoms with Gasteiger partial charge in [0.05, 0.1) is 23.4 Å². The number of hydrogen-bond donors (Lipinski definition) is 2. The molecule has 4 aliphatic rings. The number of carbonyl (C=O) groups is 5. The highest BCUT2D eigenvalue weighted by atomic mass is 19.4. The zero-order valence-electron chi connectivity index (χ0n) is 56.3. The Morgan fingerprint density at radius 3 is 2.01 bits per heavy atom. The third-order valence-corrected chi connectivity index (χ3v) is 19.7. The number of ether oxygens (including phenoxy) is 3. The van der Waals surface area contributed by atoms with Crippen LogP contribution >= 0.6 is 0 Å². The van der Waals surface area contributed by atoms with Crippen LogP contribution in [-0.2, 0) is 64.8 Å². The first-order valence-corrected chi connectivity index (χ1v) is 33.9. The summed E-state index contributed by atoms with van der Waals surface area (Å²) in [6, 6.07) is 40.7. The van der Waals surface area contributed by atoms with Crippen LogP contribution in [-0.4, -0.2) is 160 Å². The first-order valence-electron chi connectivity index (χ1n) is 33.9. The van der Waals surface area contributed by atoms with E-state index in [2.05, 4.69) is 51.6 Å². The van der Waals surface area contributed by atoms with Crippen molar-refractivity contribution in [1.29, 1.82) is 0 Å². The minimum Gasteiger partial charge on any atom is -0.446 e. The quantitative estimate of drug-likeness (QED) is 0.0394. The van der Waals surface area contributed by atoms with Gasteiger partial charge in [0.25, 0.3) is 5.91 Å². The number of likely N-dealkylation sites (N-methyl/N-ethyl adjacent to an activating group) is 2. The first kappa shape index (κ1) is 74.1. The molecular formula is C76H90F7N7O8. The highest BCUT2D eigenvalue weighted by molar-refractivity contribution is 5.95. The molecule has 3 saturated heterocycles. The molecule has 6 aromatic carbocycles. The summed E-state index contributed by atoms with van der Waals surface area (Å²) in [6.07, 6.45) is -1.01. The lowest BCUT2D eigenvalue weighted by molar-refractivity contribution is -0.143. The van der Waals surface area contributed by atoms with E-state index in [1.165, 1.54) is 42.5 Å². The van der Waals surface area contributed by atoms with Gasteiger partial charge < -0.3 is 44.0 Å². The van der Waals surface area contributed by atoms with Crippen LogP contribution in [0.25, 0.3) is 11.1 Å². The van der Waals surface area contributed by atoms with Gasteiger partial charge in [-0.1, -0.05) is 110 Å². The monoisotopic (exact) mass is 1360 g/mol. The summed E-state index contributed by atoms with van der Waals surface area (Å²) < 4.78 is 111. The van der Waals surface area contributed by atoms with Gasteiger partial charge in [0.15, 0.2) is 0 Å². The summed E-state index contributed by atoms with van der Waals surface area (Å²) in [6.45, 7) is 8.65. The lowest BCUT2D eigenvalue weighted by Gasteiger charge is -2.44. The van der Waals surface area contributed by atoms with E-state index in [-0.39, 0.29) is 55.1 Å². The van der Waals surface area contributed by atoms with Gasteiger partial charge >= 0.3 is 18.4 Å². The van der Waals surface area contributed by atoms with Crippen LogP contribution in [0.5, 0.6) is 0 Å². The molecule has 6 aromatic rings. The zero-order valence-corrected chi connectivity index (χ0v) is 56.3. The predicted octanol–water partition coefficient (Wildman–Crippen LogP) is 14.3. The minimum atomic E-state index is -5.08. The Bertz CT molecular complexity index is 3590. The van der Waals surface area contributed by atoms with Crippen LogP contribution in [0.15, 0.2) is 146 Å². The molecule has 0 aromatic heterocycles. The Morgan fingerprint density at radius 1 is 0.684 bits per heavy atom. The molecule has 3 heterocycles. The molecule has 0 saturated carbocycles. The van der Waals surface area contributed by atoms with Crippen molar-refractivity contribution >= 4 is 41.0 Å². The lowest BCUT2D eigenvalue weighted by atomic mass is 9.68. The summed E-state index contributed by atoms with van der Waals surface area (Å²) in [5, 5.41) is 6.36.